The first kappa shape index (κ1) is 19.2. The van der Waals surface area contributed by atoms with Gasteiger partial charge in [0.25, 0.3) is 5.91 Å². The highest BCUT2D eigenvalue weighted by Gasteiger charge is 2.21. The second-order valence-corrected chi connectivity index (χ2v) is 5.94. The molecule has 0 spiro atoms. The number of nitrogens with zero attached hydrogens (tertiary/aromatic N) is 2. The van der Waals surface area contributed by atoms with Crippen LogP contribution in [-0.2, 0) is 14.3 Å². The Labute approximate surface area is 151 Å². The number of anilines is 1. The Kier molecular flexibility index (Phi) is 6.11. The van der Waals surface area contributed by atoms with Crippen LogP contribution in [0.25, 0.3) is 0 Å². The van der Waals surface area contributed by atoms with Crippen LogP contribution in [0.5, 0.6) is 0 Å². The van der Waals surface area contributed by atoms with Crippen molar-refractivity contribution in [2.45, 2.75) is 20.8 Å². The molecule has 8 heteroatoms. The zero-order chi connectivity index (χ0) is 19.3. The molecule has 2 rings (SSSR count). The lowest BCUT2D eigenvalue weighted by atomic mass is 10.2. The number of likely N-dealkylation sites (N-methyl/N-ethyl adjacent to an activating group) is 1. The van der Waals surface area contributed by atoms with E-state index in [1.54, 1.807) is 26.0 Å². The molecule has 0 bridgehead atoms. The van der Waals surface area contributed by atoms with Gasteiger partial charge in [0.2, 0.25) is 5.91 Å². The maximum Gasteiger partial charge on any atom is 0.344 e. The molecule has 2 amide bonds. The summed E-state index contributed by atoms with van der Waals surface area (Å²) < 4.78 is 9.87. The van der Waals surface area contributed by atoms with Gasteiger partial charge in [-0.15, -0.1) is 0 Å². The second kappa shape index (κ2) is 8.28. The summed E-state index contributed by atoms with van der Waals surface area (Å²) in [5.41, 5.74) is 2.32. The molecule has 1 aromatic carbocycles. The molecule has 0 saturated heterocycles. The molecule has 1 heterocycles. The highest BCUT2D eigenvalue weighted by atomic mass is 16.5. The molecular formula is C18H21N3O5. The first-order valence-corrected chi connectivity index (χ1v) is 7.98. The predicted molar refractivity (Wildman–Crippen MR) is 93.7 cm³/mol. The third-order valence-electron chi connectivity index (χ3n) is 3.71. The van der Waals surface area contributed by atoms with Crippen molar-refractivity contribution in [1.82, 2.24) is 10.1 Å². The molecule has 0 atom stereocenters. The summed E-state index contributed by atoms with van der Waals surface area (Å²) >= 11 is 0. The van der Waals surface area contributed by atoms with E-state index in [1.165, 1.54) is 11.9 Å². The number of benzene rings is 1. The van der Waals surface area contributed by atoms with Gasteiger partial charge in [0, 0.05) is 12.7 Å². The molecule has 1 aromatic heterocycles. The van der Waals surface area contributed by atoms with Gasteiger partial charge in [-0.3, -0.25) is 9.59 Å². The average molecular weight is 359 g/mol. The molecular weight excluding hydrogens is 338 g/mol. The predicted octanol–water partition coefficient (Wildman–Crippen LogP) is 1.85. The average Bonchev–Trinajstić information content (AvgIpc) is 2.93. The number of aryl methyl sites for hydroxylation is 3. The Hall–Kier alpha value is -3.16. The quantitative estimate of drug-likeness (QED) is 0.790. The fraction of sp³-hybridized carbons (Fsp3) is 0.333. The minimum Gasteiger partial charge on any atom is -0.452 e. The first-order chi connectivity index (χ1) is 12.3. The maximum atomic E-state index is 12.0. The minimum absolute atomic E-state index is 0.157. The molecule has 0 unspecified atom stereocenters. The monoisotopic (exact) mass is 359 g/mol. The van der Waals surface area contributed by atoms with Gasteiger partial charge in [-0.1, -0.05) is 22.9 Å². The van der Waals surface area contributed by atoms with Crippen molar-refractivity contribution < 1.29 is 23.6 Å². The van der Waals surface area contributed by atoms with Gasteiger partial charge in [-0.05, 0) is 32.9 Å². The molecule has 2 aromatic rings. The van der Waals surface area contributed by atoms with Gasteiger partial charge in [0.05, 0.1) is 12.2 Å². The molecule has 0 aliphatic carbocycles. The number of aromatic nitrogens is 1. The third kappa shape index (κ3) is 4.92. The van der Waals surface area contributed by atoms with Crippen LogP contribution >= 0.6 is 0 Å². The van der Waals surface area contributed by atoms with Crippen molar-refractivity contribution in [3.8, 4) is 0 Å². The number of esters is 1. The van der Waals surface area contributed by atoms with Gasteiger partial charge in [0.15, 0.2) is 6.61 Å². The van der Waals surface area contributed by atoms with E-state index >= 15 is 0 Å². The number of hydrogen-bond donors (Lipinski definition) is 1. The van der Waals surface area contributed by atoms with Crippen molar-refractivity contribution in [1.29, 1.82) is 0 Å². The van der Waals surface area contributed by atoms with Crippen LogP contribution in [0.2, 0.25) is 0 Å². The highest BCUT2D eigenvalue weighted by Crippen LogP contribution is 2.13. The van der Waals surface area contributed by atoms with E-state index in [0.717, 1.165) is 5.56 Å². The fourth-order valence-electron chi connectivity index (χ4n) is 2.23. The molecule has 0 radical (unpaired) electrons. The number of amides is 2. The molecule has 0 aliphatic rings. The molecule has 26 heavy (non-hydrogen) atoms. The van der Waals surface area contributed by atoms with E-state index in [-0.39, 0.29) is 18.0 Å². The van der Waals surface area contributed by atoms with Crippen molar-refractivity contribution >= 4 is 23.5 Å². The van der Waals surface area contributed by atoms with E-state index < -0.39 is 18.5 Å². The summed E-state index contributed by atoms with van der Waals surface area (Å²) in [5.74, 6) is -1.20. The lowest BCUT2D eigenvalue weighted by Crippen LogP contribution is -2.37. The number of rotatable bonds is 6. The van der Waals surface area contributed by atoms with Crippen LogP contribution in [0.15, 0.2) is 28.8 Å². The van der Waals surface area contributed by atoms with Crippen LogP contribution in [0, 0.1) is 20.8 Å². The van der Waals surface area contributed by atoms with Crippen molar-refractivity contribution in [3.63, 3.8) is 0 Å². The Balaban J connectivity index is 1.82. The summed E-state index contributed by atoms with van der Waals surface area (Å²) in [4.78, 5) is 37.2. The van der Waals surface area contributed by atoms with E-state index in [0.29, 0.717) is 17.1 Å². The summed E-state index contributed by atoms with van der Waals surface area (Å²) in [5, 5.41) is 6.36. The smallest absolute Gasteiger partial charge is 0.344 e. The number of hydrogen-bond acceptors (Lipinski definition) is 6. The van der Waals surface area contributed by atoms with Crippen molar-refractivity contribution in [2.24, 2.45) is 0 Å². The van der Waals surface area contributed by atoms with Crippen LogP contribution in [0.3, 0.4) is 0 Å². The summed E-state index contributed by atoms with van der Waals surface area (Å²) in [7, 11) is 1.46. The van der Waals surface area contributed by atoms with E-state index in [9.17, 15) is 14.4 Å². The molecule has 0 aliphatic heterocycles. The minimum atomic E-state index is -0.688. The topological polar surface area (TPSA) is 102 Å². The van der Waals surface area contributed by atoms with Crippen LogP contribution in [-0.4, -0.2) is 48.0 Å². The largest absolute Gasteiger partial charge is 0.452 e. The summed E-state index contributed by atoms with van der Waals surface area (Å²) in [6.45, 7) is 4.51. The van der Waals surface area contributed by atoms with Gasteiger partial charge in [-0.2, -0.15) is 0 Å². The highest BCUT2D eigenvalue weighted by molar-refractivity contribution is 5.96. The fourth-order valence-corrected chi connectivity index (χ4v) is 2.23. The molecule has 0 saturated carbocycles. The maximum absolute atomic E-state index is 12.0. The van der Waals surface area contributed by atoms with Crippen LogP contribution < -0.4 is 5.32 Å². The lowest BCUT2D eigenvalue weighted by molar-refractivity contribution is -0.136. The molecule has 1 N–H and O–H groups in total. The Morgan fingerprint density at radius 1 is 1.15 bits per heavy atom. The van der Waals surface area contributed by atoms with Crippen molar-refractivity contribution in [2.75, 3.05) is 25.5 Å². The van der Waals surface area contributed by atoms with Gasteiger partial charge in [0.1, 0.15) is 11.3 Å². The SMILES string of the molecule is Cc1ccc(NC(=O)CN(C)C(=O)COC(=O)c2c(C)noc2C)cc1. The summed E-state index contributed by atoms with van der Waals surface area (Å²) in [6, 6.07) is 7.30. The molecule has 8 nitrogen and oxygen atoms in total. The zero-order valence-corrected chi connectivity index (χ0v) is 15.2. The van der Waals surface area contributed by atoms with Crippen LogP contribution in [0.1, 0.15) is 27.4 Å². The van der Waals surface area contributed by atoms with Gasteiger partial charge in [-0.25, -0.2) is 4.79 Å². The number of carbonyl (C=O) groups excluding carboxylic acids is 3. The summed E-state index contributed by atoms with van der Waals surface area (Å²) in [6.07, 6.45) is 0. The number of nitrogens with one attached hydrogen (secondary N) is 1. The zero-order valence-electron chi connectivity index (χ0n) is 15.2. The second-order valence-electron chi connectivity index (χ2n) is 5.94. The number of ether oxygens (including phenoxy) is 1. The van der Waals surface area contributed by atoms with Gasteiger partial charge >= 0.3 is 5.97 Å². The first-order valence-electron chi connectivity index (χ1n) is 7.98. The van der Waals surface area contributed by atoms with Crippen molar-refractivity contribution in [3.05, 3.63) is 46.8 Å². The van der Waals surface area contributed by atoms with Crippen LogP contribution in [0.4, 0.5) is 5.69 Å². The lowest BCUT2D eigenvalue weighted by Gasteiger charge is -2.16. The van der Waals surface area contributed by atoms with Gasteiger partial charge < -0.3 is 19.5 Å². The molecule has 138 valence electrons. The number of carbonyl (C=O) groups is 3. The third-order valence-corrected chi connectivity index (χ3v) is 3.71. The molecule has 0 fully saturated rings. The standard InChI is InChI=1S/C18H21N3O5/c1-11-5-7-14(8-6-11)19-15(22)9-21(4)16(23)10-25-18(24)17-12(2)20-26-13(17)3/h5-8H,9-10H2,1-4H3,(H,19,22). The van der Waals surface area contributed by atoms with E-state index in [1.807, 2.05) is 19.1 Å². The van der Waals surface area contributed by atoms with E-state index in [4.69, 9.17) is 9.26 Å². The van der Waals surface area contributed by atoms with E-state index in [2.05, 4.69) is 10.5 Å². The Morgan fingerprint density at radius 2 is 1.81 bits per heavy atom. The Morgan fingerprint density at radius 3 is 2.38 bits per heavy atom. The Bertz CT molecular complexity index is 791. The normalized spacial score (nSPS) is 10.3.